The quantitative estimate of drug-likeness (QED) is 0.769. The molecule has 0 aromatic carbocycles. The van der Waals surface area contributed by atoms with Crippen LogP contribution in [-0.2, 0) is 5.33 Å². The molecule has 86 valence electrons. The van der Waals surface area contributed by atoms with Crippen LogP contribution in [0.2, 0.25) is 0 Å². The van der Waals surface area contributed by atoms with Crippen LogP contribution in [-0.4, -0.2) is 17.6 Å². The number of alkyl halides is 1. The first kappa shape index (κ1) is 10.6. The molecule has 2 aliphatic carbocycles. The molecule has 3 heteroatoms. The van der Waals surface area contributed by atoms with Crippen LogP contribution >= 0.6 is 15.9 Å². The molecular formula is C13H17BrN2. The number of hydrogen-bond acceptors (Lipinski definition) is 2. The van der Waals surface area contributed by atoms with Gasteiger partial charge in [-0.2, -0.15) is 0 Å². The molecule has 1 heterocycles. The zero-order chi connectivity index (χ0) is 11.0. The lowest BCUT2D eigenvalue weighted by Crippen LogP contribution is -2.28. The van der Waals surface area contributed by atoms with Crippen molar-refractivity contribution in [2.75, 3.05) is 11.4 Å². The number of aromatic nitrogens is 1. The van der Waals surface area contributed by atoms with Gasteiger partial charge in [-0.25, -0.2) is 4.98 Å². The molecule has 0 N–H and O–H groups in total. The van der Waals surface area contributed by atoms with Crippen LogP contribution in [0.25, 0.3) is 0 Å². The van der Waals surface area contributed by atoms with E-state index >= 15 is 0 Å². The van der Waals surface area contributed by atoms with Crippen molar-refractivity contribution in [3.63, 3.8) is 0 Å². The molecule has 1 aromatic heterocycles. The van der Waals surface area contributed by atoms with Gasteiger partial charge in [0.15, 0.2) is 0 Å². The van der Waals surface area contributed by atoms with Gasteiger partial charge in [-0.3, -0.25) is 0 Å². The van der Waals surface area contributed by atoms with Crippen LogP contribution in [0, 0.1) is 5.92 Å². The molecule has 0 spiro atoms. The third-order valence-electron chi connectivity index (χ3n) is 3.40. The minimum atomic E-state index is 0.780. The first-order valence-corrected chi connectivity index (χ1v) is 7.26. The van der Waals surface area contributed by atoms with Crippen LogP contribution < -0.4 is 4.90 Å². The standard InChI is InChI=1S/C13H17BrN2/c14-7-11-3-6-13(15-8-11)16(12-4-5-12)9-10-1-2-10/h3,6,8,10,12H,1-2,4-5,7,9H2. The summed E-state index contributed by atoms with van der Waals surface area (Å²) >= 11 is 3.46. The molecule has 0 aliphatic heterocycles. The highest BCUT2D eigenvalue weighted by molar-refractivity contribution is 9.08. The third kappa shape index (κ3) is 2.40. The van der Waals surface area contributed by atoms with E-state index in [4.69, 9.17) is 0 Å². The van der Waals surface area contributed by atoms with Crippen molar-refractivity contribution in [2.24, 2.45) is 5.92 Å². The maximum absolute atomic E-state index is 4.59. The van der Waals surface area contributed by atoms with Crippen molar-refractivity contribution in [3.8, 4) is 0 Å². The van der Waals surface area contributed by atoms with E-state index in [1.165, 1.54) is 43.6 Å². The Morgan fingerprint density at radius 2 is 2.06 bits per heavy atom. The molecule has 0 bridgehead atoms. The third-order valence-corrected chi connectivity index (χ3v) is 4.04. The molecule has 2 aliphatic rings. The fraction of sp³-hybridized carbons (Fsp3) is 0.615. The number of anilines is 1. The average Bonchev–Trinajstić information content (AvgIpc) is 3.16. The van der Waals surface area contributed by atoms with Crippen molar-refractivity contribution < 1.29 is 0 Å². The largest absolute Gasteiger partial charge is 0.353 e. The predicted molar refractivity (Wildman–Crippen MR) is 70.0 cm³/mol. The van der Waals surface area contributed by atoms with Crippen LogP contribution in [0.15, 0.2) is 18.3 Å². The van der Waals surface area contributed by atoms with E-state index in [-0.39, 0.29) is 0 Å². The maximum atomic E-state index is 4.59. The molecule has 0 unspecified atom stereocenters. The number of pyridine rings is 1. The second-order valence-corrected chi connectivity index (χ2v) is 5.55. The van der Waals surface area contributed by atoms with Gasteiger partial charge in [-0.1, -0.05) is 22.0 Å². The summed E-state index contributed by atoms with van der Waals surface area (Å²) in [6, 6.07) is 5.14. The van der Waals surface area contributed by atoms with E-state index in [2.05, 4.69) is 37.9 Å². The lowest BCUT2D eigenvalue weighted by Gasteiger charge is -2.23. The first-order chi connectivity index (χ1) is 7.86. The van der Waals surface area contributed by atoms with E-state index in [9.17, 15) is 0 Å². The first-order valence-electron chi connectivity index (χ1n) is 6.14. The molecular weight excluding hydrogens is 264 g/mol. The zero-order valence-electron chi connectivity index (χ0n) is 9.40. The Morgan fingerprint density at radius 3 is 2.56 bits per heavy atom. The molecule has 2 fully saturated rings. The van der Waals surface area contributed by atoms with Crippen molar-refractivity contribution in [3.05, 3.63) is 23.9 Å². The van der Waals surface area contributed by atoms with Crippen LogP contribution in [0.3, 0.4) is 0 Å². The lowest BCUT2D eigenvalue weighted by molar-refractivity contribution is 0.709. The van der Waals surface area contributed by atoms with Gasteiger partial charge < -0.3 is 4.90 Å². The van der Waals surface area contributed by atoms with Crippen LogP contribution in [0.5, 0.6) is 0 Å². The molecule has 0 amide bonds. The second kappa shape index (κ2) is 4.36. The van der Waals surface area contributed by atoms with Gasteiger partial charge in [0.05, 0.1) is 0 Å². The maximum Gasteiger partial charge on any atom is 0.128 e. The second-order valence-electron chi connectivity index (χ2n) is 4.99. The molecule has 2 nitrogen and oxygen atoms in total. The topological polar surface area (TPSA) is 16.1 Å². The lowest BCUT2D eigenvalue weighted by atomic mass is 10.3. The highest BCUT2D eigenvalue weighted by Crippen LogP contribution is 2.36. The Balaban J connectivity index is 1.74. The summed E-state index contributed by atoms with van der Waals surface area (Å²) in [5.41, 5.74) is 1.26. The summed E-state index contributed by atoms with van der Waals surface area (Å²) in [5, 5.41) is 0.895. The molecule has 0 atom stereocenters. The Labute approximate surface area is 105 Å². The van der Waals surface area contributed by atoms with E-state index in [0.717, 1.165) is 17.3 Å². The van der Waals surface area contributed by atoms with Crippen molar-refractivity contribution >= 4 is 21.7 Å². The number of hydrogen-bond donors (Lipinski definition) is 0. The van der Waals surface area contributed by atoms with Gasteiger partial charge in [0.2, 0.25) is 0 Å². The minimum Gasteiger partial charge on any atom is -0.353 e. The number of rotatable bonds is 5. The SMILES string of the molecule is BrCc1ccc(N(CC2CC2)C2CC2)nc1. The Kier molecular flexibility index (Phi) is 2.88. The minimum absolute atomic E-state index is 0.780. The fourth-order valence-corrected chi connectivity index (χ4v) is 2.39. The van der Waals surface area contributed by atoms with Gasteiger partial charge >= 0.3 is 0 Å². The number of nitrogens with zero attached hydrogens (tertiary/aromatic N) is 2. The molecule has 16 heavy (non-hydrogen) atoms. The summed E-state index contributed by atoms with van der Waals surface area (Å²) in [6.07, 6.45) is 7.54. The van der Waals surface area contributed by atoms with Gasteiger partial charge in [0.25, 0.3) is 0 Å². The summed E-state index contributed by atoms with van der Waals surface area (Å²) in [4.78, 5) is 7.11. The molecule has 0 saturated heterocycles. The molecule has 2 saturated carbocycles. The van der Waals surface area contributed by atoms with Gasteiger partial charge in [0, 0.05) is 24.1 Å². The normalized spacial score (nSPS) is 19.8. The van der Waals surface area contributed by atoms with Crippen molar-refractivity contribution in [2.45, 2.75) is 37.1 Å². The highest BCUT2D eigenvalue weighted by Gasteiger charge is 2.34. The Bertz CT molecular complexity index is 355. The summed E-state index contributed by atoms with van der Waals surface area (Å²) in [5.74, 6) is 2.12. The van der Waals surface area contributed by atoms with E-state index in [1.807, 2.05) is 6.20 Å². The van der Waals surface area contributed by atoms with Crippen molar-refractivity contribution in [1.29, 1.82) is 0 Å². The van der Waals surface area contributed by atoms with Gasteiger partial charge in [0.1, 0.15) is 5.82 Å². The molecule has 3 rings (SSSR count). The van der Waals surface area contributed by atoms with Gasteiger partial charge in [-0.15, -0.1) is 0 Å². The smallest absolute Gasteiger partial charge is 0.128 e. The number of halogens is 1. The fourth-order valence-electron chi connectivity index (χ4n) is 2.06. The van der Waals surface area contributed by atoms with E-state index in [1.54, 1.807) is 0 Å². The summed E-state index contributed by atoms with van der Waals surface area (Å²) in [6.45, 7) is 1.23. The monoisotopic (exact) mass is 280 g/mol. The van der Waals surface area contributed by atoms with Crippen molar-refractivity contribution in [1.82, 2.24) is 4.98 Å². The van der Waals surface area contributed by atoms with Gasteiger partial charge in [-0.05, 0) is 43.2 Å². The molecule has 0 radical (unpaired) electrons. The predicted octanol–water partition coefficient (Wildman–Crippen LogP) is 3.36. The average molecular weight is 281 g/mol. The highest BCUT2D eigenvalue weighted by atomic mass is 79.9. The Hall–Kier alpha value is -0.570. The molecule has 1 aromatic rings. The zero-order valence-corrected chi connectivity index (χ0v) is 11.0. The van der Waals surface area contributed by atoms with Crippen LogP contribution in [0.4, 0.5) is 5.82 Å². The summed E-state index contributed by atoms with van der Waals surface area (Å²) in [7, 11) is 0. The summed E-state index contributed by atoms with van der Waals surface area (Å²) < 4.78 is 0. The van der Waals surface area contributed by atoms with E-state index in [0.29, 0.717) is 0 Å². The Morgan fingerprint density at radius 1 is 1.25 bits per heavy atom. The van der Waals surface area contributed by atoms with E-state index < -0.39 is 0 Å². The van der Waals surface area contributed by atoms with Crippen LogP contribution in [0.1, 0.15) is 31.2 Å².